The summed E-state index contributed by atoms with van der Waals surface area (Å²) in [6.45, 7) is 5.56. The van der Waals surface area contributed by atoms with Gasteiger partial charge < -0.3 is 20.3 Å². The molecule has 2 N–H and O–H groups in total. The lowest BCUT2D eigenvalue weighted by Gasteiger charge is -2.33. The Bertz CT molecular complexity index is 942. The maximum absolute atomic E-state index is 12.5. The summed E-state index contributed by atoms with van der Waals surface area (Å²) >= 11 is 15.5. The van der Waals surface area contributed by atoms with Crippen LogP contribution in [0.2, 0.25) is 10.0 Å². The average Bonchev–Trinajstić information content (AvgIpc) is 3.19. The standard InChI is InChI=1S/C24H32Cl2N4O2S2/c1-4-18(7-8-27-2)22-15-33-24(29(22)3)34-16-23(31)28-12-19-14-30(9-10-32-19)13-17-5-6-20(25)21(26)11-17/h4-8,11,15,19,24,27H,9-10,12-14,16H2,1-3H3,(H,28,31)/b8-7-,18-4+. The van der Waals surface area contributed by atoms with Crippen LogP contribution >= 0.6 is 46.7 Å². The third kappa shape index (κ3) is 7.86. The number of amides is 1. The van der Waals surface area contributed by atoms with Gasteiger partial charge in [-0.2, -0.15) is 0 Å². The number of carbonyl (C=O) groups excluding carboxylic acids is 1. The first-order valence-electron chi connectivity index (χ1n) is 11.2. The molecule has 2 unspecified atom stereocenters. The monoisotopic (exact) mass is 542 g/mol. The number of carbonyl (C=O) groups is 1. The summed E-state index contributed by atoms with van der Waals surface area (Å²) in [5.74, 6) is 0.430. The van der Waals surface area contributed by atoms with Gasteiger partial charge in [0, 0.05) is 40.3 Å². The normalized spacial score (nSPS) is 21.7. The summed E-state index contributed by atoms with van der Waals surface area (Å²) in [7, 11) is 3.95. The minimum absolute atomic E-state index is 0.0268. The Labute approximate surface area is 221 Å². The van der Waals surface area contributed by atoms with Crippen LogP contribution in [0, 0.1) is 0 Å². The Morgan fingerprint density at radius 2 is 2.18 bits per heavy atom. The number of halogens is 2. The van der Waals surface area contributed by atoms with Crippen LogP contribution in [0.5, 0.6) is 0 Å². The molecular weight excluding hydrogens is 511 g/mol. The maximum Gasteiger partial charge on any atom is 0.230 e. The summed E-state index contributed by atoms with van der Waals surface area (Å²) in [5, 5.41) is 9.35. The molecule has 1 fully saturated rings. The van der Waals surface area contributed by atoms with Gasteiger partial charge in [0.15, 0.2) is 0 Å². The van der Waals surface area contributed by atoms with E-state index in [9.17, 15) is 4.79 Å². The van der Waals surface area contributed by atoms with Gasteiger partial charge in [-0.25, -0.2) is 0 Å². The van der Waals surface area contributed by atoms with Gasteiger partial charge >= 0.3 is 0 Å². The van der Waals surface area contributed by atoms with Crippen molar-refractivity contribution in [1.82, 2.24) is 20.4 Å². The number of hydrogen-bond acceptors (Lipinski definition) is 7. The van der Waals surface area contributed by atoms with Crippen LogP contribution in [0.1, 0.15) is 12.5 Å². The second kappa shape index (κ2) is 13.7. The molecule has 0 radical (unpaired) electrons. The number of allylic oxidation sites excluding steroid dienone is 2. The van der Waals surface area contributed by atoms with E-state index >= 15 is 0 Å². The van der Waals surface area contributed by atoms with E-state index in [2.05, 4.69) is 45.0 Å². The molecular formula is C24H32Cl2N4O2S2. The highest BCUT2D eigenvalue weighted by Crippen LogP contribution is 2.39. The predicted octanol–water partition coefficient (Wildman–Crippen LogP) is 4.53. The number of likely N-dealkylation sites (N-methyl/N-ethyl adjacent to an activating group) is 1. The number of morpholine rings is 1. The number of ether oxygens (including phenoxy) is 1. The Morgan fingerprint density at radius 3 is 2.91 bits per heavy atom. The van der Waals surface area contributed by atoms with E-state index in [1.54, 1.807) is 23.5 Å². The molecule has 1 aromatic carbocycles. The van der Waals surface area contributed by atoms with Crippen LogP contribution in [0.25, 0.3) is 0 Å². The molecule has 0 aromatic heterocycles. The zero-order valence-corrected chi connectivity index (χ0v) is 22.9. The Hall–Kier alpha value is -1.29. The van der Waals surface area contributed by atoms with Gasteiger partial charge in [-0.15, -0.1) is 11.8 Å². The number of hydrogen-bond donors (Lipinski definition) is 2. The maximum atomic E-state index is 12.5. The second-order valence-electron chi connectivity index (χ2n) is 8.01. The minimum Gasteiger partial charge on any atom is -0.394 e. The van der Waals surface area contributed by atoms with Crippen molar-refractivity contribution in [1.29, 1.82) is 0 Å². The van der Waals surface area contributed by atoms with E-state index in [-0.39, 0.29) is 16.7 Å². The summed E-state index contributed by atoms with van der Waals surface area (Å²) in [6.07, 6.45) is 6.03. The van der Waals surface area contributed by atoms with Crippen molar-refractivity contribution in [3.05, 3.63) is 68.8 Å². The van der Waals surface area contributed by atoms with Gasteiger partial charge in [-0.1, -0.05) is 47.1 Å². The number of rotatable bonds is 10. The van der Waals surface area contributed by atoms with Crippen LogP contribution in [0.15, 0.2) is 53.2 Å². The zero-order valence-electron chi connectivity index (χ0n) is 19.7. The fourth-order valence-electron chi connectivity index (χ4n) is 3.71. The van der Waals surface area contributed by atoms with E-state index in [4.69, 9.17) is 27.9 Å². The van der Waals surface area contributed by atoms with E-state index in [1.807, 2.05) is 38.4 Å². The molecule has 6 nitrogen and oxygen atoms in total. The minimum atomic E-state index is -0.0292. The van der Waals surface area contributed by atoms with Crippen molar-refractivity contribution in [3.63, 3.8) is 0 Å². The van der Waals surface area contributed by atoms with Gasteiger partial charge in [0.1, 0.15) is 4.71 Å². The summed E-state index contributed by atoms with van der Waals surface area (Å²) in [6, 6.07) is 5.72. The largest absolute Gasteiger partial charge is 0.394 e. The average molecular weight is 544 g/mol. The fraction of sp³-hybridized carbons (Fsp3) is 0.458. The second-order valence-corrected chi connectivity index (χ2v) is 11.2. The van der Waals surface area contributed by atoms with Crippen LogP contribution < -0.4 is 10.6 Å². The van der Waals surface area contributed by atoms with Crippen LogP contribution in [0.3, 0.4) is 0 Å². The van der Waals surface area contributed by atoms with Crippen molar-refractivity contribution in [2.24, 2.45) is 0 Å². The van der Waals surface area contributed by atoms with Crippen molar-refractivity contribution in [2.45, 2.75) is 24.3 Å². The fourth-order valence-corrected chi connectivity index (χ4v) is 6.29. The van der Waals surface area contributed by atoms with Crippen molar-refractivity contribution < 1.29 is 9.53 Å². The smallest absolute Gasteiger partial charge is 0.230 e. The zero-order chi connectivity index (χ0) is 24.5. The lowest BCUT2D eigenvalue weighted by molar-refractivity contribution is -0.119. The van der Waals surface area contributed by atoms with Gasteiger partial charge in [0.25, 0.3) is 0 Å². The first kappa shape index (κ1) is 27.3. The van der Waals surface area contributed by atoms with Crippen molar-refractivity contribution in [2.75, 3.05) is 46.1 Å². The molecule has 0 bridgehead atoms. The molecule has 186 valence electrons. The third-order valence-corrected chi connectivity index (χ3v) is 8.94. The summed E-state index contributed by atoms with van der Waals surface area (Å²) < 4.78 is 6.04. The Balaban J connectivity index is 1.39. The molecule has 2 aliphatic rings. The van der Waals surface area contributed by atoms with E-state index in [1.165, 1.54) is 0 Å². The quantitative estimate of drug-likeness (QED) is 0.421. The highest BCUT2D eigenvalue weighted by molar-refractivity contribution is 8.18. The SMILES string of the molecule is C/C=C(\C=C/NC)C1=CSC(SCC(=O)NCC2CN(Cc3ccc(Cl)c(Cl)c3)CCO2)N1C. The Morgan fingerprint density at radius 1 is 1.35 bits per heavy atom. The molecule has 2 atom stereocenters. The van der Waals surface area contributed by atoms with Gasteiger partial charge in [-0.3, -0.25) is 9.69 Å². The summed E-state index contributed by atoms with van der Waals surface area (Å²) in [5.41, 5.74) is 3.43. The topological polar surface area (TPSA) is 56.8 Å². The van der Waals surface area contributed by atoms with Crippen molar-refractivity contribution >= 4 is 52.6 Å². The number of nitrogens with one attached hydrogen (secondary N) is 2. The van der Waals surface area contributed by atoms with Gasteiger partial charge in [0.2, 0.25) is 5.91 Å². The molecule has 3 rings (SSSR count). The highest BCUT2D eigenvalue weighted by Gasteiger charge is 2.26. The van der Waals surface area contributed by atoms with Crippen LogP contribution in [0.4, 0.5) is 0 Å². The molecule has 2 aliphatic heterocycles. The number of benzene rings is 1. The highest BCUT2D eigenvalue weighted by atomic mass is 35.5. The van der Waals surface area contributed by atoms with Gasteiger partial charge in [-0.05, 0) is 47.9 Å². The first-order chi connectivity index (χ1) is 16.4. The molecule has 10 heteroatoms. The van der Waals surface area contributed by atoms with Crippen molar-refractivity contribution in [3.8, 4) is 0 Å². The molecule has 1 saturated heterocycles. The lowest BCUT2D eigenvalue weighted by atomic mass is 10.2. The molecule has 34 heavy (non-hydrogen) atoms. The van der Waals surface area contributed by atoms with Crippen LogP contribution in [-0.2, 0) is 16.1 Å². The van der Waals surface area contributed by atoms with E-state index < -0.39 is 0 Å². The summed E-state index contributed by atoms with van der Waals surface area (Å²) in [4.78, 5) is 17.0. The number of nitrogens with zero attached hydrogens (tertiary/aromatic N) is 2. The van der Waals surface area contributed by atoms with Crippen LogP contribution in [-0.4, -0.2) is 72.6 Å². The molecule has 1 amide bonds. The number of thioether (sulfide) groups is 2. The molecule has 0 spiro atoms. The molecule has 1 aromatic rings. The predicted molar refractivity (Wildman–Crippen MR) is 146 cm³/mol. The van der Waals surface area contributed by atoms with E-state index in [0.29, 0.717) is 28.9 Å². The first-order valence-corrected chi connectivity index (χ1v) is 13.9. The molecule has 0 saturated carbocycles. The molecule has 2 heterocycles. The Kier molecular flexibility index (Phi) is 11.0. The third-order valence-electron chi connectivity index (χ3n) is 5.53. The lowest BCUT2D eigenvalue weighted by Crippen LogP contribution is -2.47. The van der Waals surface area contributed by atoms with E-state index in [0.717, 1.165) is 36.5 Å². The van der Waals surface area contributed by atoms with Gasteiger partial charge in [0.05, 0.1) is 34.2 Å². The molecule has 0 aliphatic carbocycles.